The van der Waals surface area contributed by atoms with Gasteiger partial charge in [0.15, 0.2) is 6.10 Å². The first-order chi connectivity index (χ1) is 39.0. The predicted molar refractivity (Wildman–Crippen MR) is 344 cm³/mol. The zero-order chi connectivity index (χ0) is 57.1. The highest BCUT2D eigenvalue weighted by Gasteiger charge is 2.19. The van der Waals surface area contributed by atoms with E-state index in [2.05, 4.69) is 93.7 Å². The number of esters is 3. The average Bonchev–Trinajstić information content (AvgIpc) is 3.45. The third kappa shape index (κ3) is 65.5. The molecule has 0 saturated heterocycles. The van der Waals surface area contributed by atoms with Crippen LogP contribution < -0.4 is 0 Å². The first-order valence-electron chi connectivity index (χ1n) is 34.4. The summed E-state index contributed by atoms with van der Waals surface area (Å²) in [5.41, 5.74) is 0. The fourth-order valence-corrected chi connectivity index (χ4v) is 10.1. The van der Waals surface area contributed by atoms with E-state index in [1.165, 1.54) is 205 Å². The van der Waals surface area contributed by atoms with E-state index in [-0.39, 0.29) is 31.1 Å². The van der Waals surface area contributed by atoms with Crippen molar-refractivity contribution in [3.63, 3.8) is 0 Å². The van der Waals surface area contributed by atoms with E-state index < -0.39 is 6.10 Å². The predicted octanol–water partition coefficient (Wildman–Crippen LogP) is 23.7. The van der Waals surface area contributed by atoms with Crippen molar-refractivity contribution >= 4 is 17.9 Å². The van der Waals surface area contributed by atoms with Crippen molar-refractivity contribution in [1.82, 2.24) is 0 Å². The van der Waals surface area contributed by atoms with Crippen molar-refractivity contribution in [2.75, 3.05) is 13.2 Å². The molecule has 0 aliphatic rings. The maximum atomic E-state index is 12.9. The maximum Gasteiger partial charge on any atom is 0.306 e. The molecule has 6 nitrogen and oxygen atoms in total. The molecule has 458 valence electrons. The summed E-state index contributed by atoms with van der Waals surface area (Å²) < 4.78 is 16.9. The van der Waals surface area contributed by atoms with Crippen LogP contribution >= 0.6 is 0 Å². The Morgan fingerprint density at radius 2 is 0.519 bits per heavy atom. The fourth-order valence-electron chi connectivity index (χ4n) is 10.1. The Labute approximate surface area is 491 Å². The highest BCUT2D eigenvalue weighted by Crippen LogP contribution is 2.18. The molecule has 79 heavy (non-hydrogen) atoms. The van der Waals surface area contributed by atoms with Gasteiger partial charge in [-0.3, -0.25) is 14.4 Å². The summed E-state index contributed by atoms with van der Waals surface area (Å²) in [6, 6.07) is 0. The second kappa shape index (κ2) is 67.4. The average molecular weight is 1100 g/mol. The number of rotatable bonds is 63. The Morgan fingerprint density at radius 3 is 0.823 bits per heavy atom. The van der Waals surface area contributed by atoms with Gasteiger partial charge in [0.05, 0.1) is 0 Å². The maximum absolute atomic E-state index is 12.9. The molecule has 0 rings (SSSR count). The number of carbonyl (C=O) groups excluding carboxylic acids is 3. The molecule has 0 saturated carbocycles. The first-order valence-corrected chi connectivity index (χ1v) is 34.4. The molecule has 0 heterocycles. The number of allylic oxidation sites excluding steroid dienone is 12. The lowest BCUT2D eigenvalue weighted by Crippen LogP contribution is -2.30. The van der Waals surface area contributed by atoms with Crippen molar-refractivity contribution in [3.8, 4) is 0 Å². The summed E-state index contributed by atoms with van der Waals surface area (Å²) in [5, 5.41) is 0. The second-order valence-corrected chi connectivity index (χ2v) is 23.1. The molecule has 0 bridgehead atoms. The molecule has 0 fully saturated rings. The van der Waals surface area contributed by atoms with E-state index in [9.17, 15) is 14.4 Å². The van der Waals surface area contributed by atoms with Crippen LogP contribution in [0, 0.1) is 0 Å². The molecule has 0 aromatic heterocycles. The summed E-state index contributed by atoms with van der Waals surface area (Å²) in [4.78, 5) is 38.3. The summed E-state index contributed by atoms with van der Waals surface area (Å²) >= 11 is 0. The summed E-state index contributed by atoms with van der Waals surface area (Å²) in [6.07, 6.45) is 88.0. The molecule has 6 heteroatoms. The SMILES string of the molecule is CC/C=C\C/C=C\C/C=C\C/C=C\CCCCCCCCCCCCCCCCCCCCCCC(=O)OCC(COC(=O)CCCCCCC/C=C\C/C=C\CCC)OC(=O)CCCCCCCCCCCCCCCCC. The highest BCUT2D eigenvalue weighted by atomic mass is 16.6. The van der Waals surface area contributed by atoms with Crippen LogP contribution in [-0.4, -0.2) is 37.2 Å². The molecule has 0 aromatic rings. The van der Waals surface area contributed by atoms with Crippen molar-refractivity contribution < 1.29 is 28.6 Å². The standard InChI is InChI=1S/C73H130O6/c1-4-7-10-13-16-19-22-25-27-28-29-30-31-32-33-34-35-36-37-38-39-40-41-42-43-44-46-48-51-54-57-60-63-66-72(75)78-69-70(68-77-71(74)65-62-59-56-53-50-47-24-21-18-15-12-9-6-3)79-73(76)67-64-61-58-55-52-49-45-26-23-20-17-14-11-8-5-2/h7,10,12,15-16,19,21,24-25,27,29-30,70H,4-6,8-9,11,13-14,17-18,20,22-23,26,28,31-69H2,1-3H3/b10-7-,15-12-,19-16-,24-21-,27-25-,30-29-. The Hall–Kier alpha value is -3.15. The smallest absolute Gasteiger partial charge is 0.306 e. The van der Waals surface area contributed by atoms with Crippen LogP contribution in [0.2, 0.25) is 0 Å². The zero-order valence-corrected chi connectivity index (χ0v) is 52.6. The molecule has 0 N–H and O–H groups in total. The quantitative estimate of drug-likeness (QED) is 0.0261. The molecular weight excluding hydrogens is 973 g/mol. The lowest BCUT2D eigenvalue weighted by Gasteiger charge is -2.18. The molecule has 1 atom stereocenters. The lowest BCUT2D eigenvalue weighted by atomic mass is 10.0. The Bertz CT molecular complexity index is 1450. The van der Waals surface area contributed by atoms with Crippen molar-refractivity contribution in [2.24, 2.45) is 0 Å². The molecule has 0 aliphatic heterocycles. The Kier molecular flexibility index (Phi) is 64.7. The third-order valence-corrected chi connectivity index (χ3v) is 15.2. The number of hydrogen-bond donors (Lipinski definition) is 0. The van der Waals surface area contributed by atoms with Crippen LogP contribution in [-0.2, 0) is 28.6 Å². The van der Waals surface area contributed by atoms with Gasteiger partial charge >= 0.3 is 17.9 Å². The van der Waals surface area contributed by atoms with Gasteiger partial charge in [-0.25, -0.2) is 0 Å². The summed E-state index contributed by atoms with van der Waals surface area (Å²) in [5.74, 6) is -0.867. The number of hydrogen-bond acceptors (Lipinski definition) is 6. The normalized spacial score (nSPS) is 12.5. The van der Waals surface area contributed by atoms with Crippen LogP contribution in [0.25, 0.3) is 0 Å². The summed E-state index contributed by atoms with van der Waals surface area (Å²) in [6.45, 7) is 6.50. The largest absolute Gasteiger partial charge is 0.462 e. The van der Waals surface area contributed by atoms with Gasteiger partial charge in [0.2, 0.25) is 0 Å². The number of ether oxygens (including phenoxy) is 3. The van der Waals surface area contributed by atoms with Gasteiger partial charge in [-0.2, -0.15) is 0 Å². The van der Waals surface area contributed by atoms with E-state index >= 15 is 0 Å². The van der Waals surface area contributed by atoms with E-state index in [0.717, 1.165) is 109 Å². The Balaban J connectivity index is 4.11. The van der Waals surface area contributed by atoms with Crippen molar-refractivity contribution in [3.05, 3.63) is 72.9 Å². The fraction of sp³-hybridized carbons (Fsp3) is 0.795. The molecular formula is C73H130O6. The van der Waals surface area contributed by atoms with Crippen molar-refractivity contribution in [1.29, 1.82) is 0 Å². The molecule has 0 radical (unpaired) electrons. The van der Waals surface area contributed by atoms with Crippen molar-refractivity contribution in [2.45, 2.75) is 361 Å². The van der Waals surface area contributed by atoms with Crippen LogP contribution in [0.3, 0.4) is 0 Å². The molecule has 0 aromatic carbocycles. The van der Waals surface area contributed by atoms with E-state index in [1.807, 2.05) is 0 Å². The van der Waals surface area contributed by atoms with E-state index in [4.69, 9.17) is 14.2 Å². The van der Waals surface area contributed by atoms with E-state index in [0.29, 0.717) is 19.3 Å². The number of carbonyl (C=O) groups is 3. The molecule has 0 aliphatic carbocycles. The van der Waals surface area contributed by atoms with Gasteiger partial charge in [0.1, 0.15) is 13.2 Å². The topological polar surface area (TPSA) is 78.9 Å². The minimum absolute atomic E-state index is 0.0739. The van der Waals surface area contributed by atoms with Gasteiger partial charge in [0, 0.05) is 19.3 Å². The van der Waals surface area contributed by atoms with Crippen LogP contribution in [0.1, 0.15) is 355 Å². The highest BCUT2D eigenvalue weighted by molar-refractivity contribution is 5.71. The molecule has 0 spiro atoms. The van der Waals surface area contributed by atoms with Crippen LogP contribution in [0.15, 0.2) is 72.9 Å². The van der Waals surface area contributed by atoms with Crippen LogP contribution in [0.4, 0.5) is 0 Å². The van der Waals surface area contributed by atoms with Gasteiger partial charge in [-0.05, 0) is 83.5 Å². The van der Waals surface area contributed by atoms with Gasteiger partial charge in [-0.15, -0.1) is 0 Å². The Morgan fingerprint density at radius 1 is 0.266 bits per heavy atom. The van der Waals surface area contributed by atoms with Crippen LogP contribution in [0.5, 0.6) is 0 Å². The lowest BCUT2D eigenvalue weighted by molar-refractivity contribution is -0.167. The monoisotopic (exact) mass is 1100 g/mol. The van der Waals surface area contributed by atoms with Gasteiger partial charge < -0.3 is 14.2 Å². The minimum Gasteiger partial charge on any atom is -0.462 e. The first kappa shape index (κ1) is 75.8. The minimum atomic E-state index is -0.777. The van der Waals surface area contributed by atoms with Gasteiger partial charge in [0.25, 0.3) is 0 Å². The van der Waals surface area contributed by atoms with Gasteiger partial charge in [-0.1, -0.05) is 325 Å². The summed E-state index contributed by atoms with van der Waals surface area (Å²) in [7, 11) is 0. The second-order valence-electron chi connectivity index (χ2n) is 23.1. The molecule has 0 amide bonds. The zero-order valence-electron chi connectivity index (χ0n) is 52.6. The number of unbranched alkanes of at least 4 members (excludes halogenated alkanes) is 40. The molecule has 1 unspecified atom stereocenters. The third-order valence-electron chi connectivity index (χ3n) is 15.2. The van der Waals surface area contributed by atoms with E-state index in [1.54, 1.807) is 0 Å².